The van der Waals surface area contributed by atoms with Crippen molar-refractivity contribution < 1.29 is 0 Å². The maximum Gasteiger partial charge on any atom is 0.123 e. The van der Waals surface area contributed by atoms with Crippen LogP contribution >= 0.6 is 0 Å². The molecule has 1 atom stereocenters. The molecule has 0 saturated carbocycles. The molecule has 1 aliphatic heterocycles. The first-order valence-corrected chi connectivity index (χ1v) is 6.47. The maximum atomic E-state index is 4.48. The van der Waals surface area contributed by atoms with Crippen LogP contribution in [0.5, 0.6) is 0 Å². The van der Waals surface area contributed by atoms with E-state index in [0.29, 0.717) is 6.04 Å². The zero-order valence-corrected chi connectivity index (χ0v) is 10.6. The van der Waals surface area contributed by atoms with Gasteiger partial charge in [-0.1, -0.05) is 6.07 Å². The third-order valence-corrected chi connectivity index (χ3v) is 3.51. The zero-order chi connectivity index (χ0) is 12.4. The predicted molar refractivity (Wildman–Crippen MR) is 69.9 cm³/mol. The van der Waals surface area contributed by atoms with Crippen LogP contribution in [0.4, 0.5) is 0 Å². The van der Waals surface area contributed by atoms with E-state index >= 15 is 0 Å². The van der Waals surface area contributed by atoms with Crippen molar-refractivity contribution in [2.24, 2.45) is 0 Å². The maximum absolute atomic E-state index is 4.48. The number of likely N-dealkylation sites (tertiary alicyclic amines) is 1. The Kier molecular flexibility index (Phi) is 3.11. The number of aromatic nitrogens is 3. The van der Waals surface area contributed by atoms with E-state index in [4.69, 9.17) is 0 Å². The van der Waals surface area contributed by atoms with E-state index in [9.17, 15) is 0 Å². The number of pyridine rings is 1. The minimum absolute atomic E-state index is 0.430. The molecular formula is C14H18N4. The van der Waals surface area contributed by atoms with Crippen molar-refractivity contribution in [1.82, 2.24) is 19.9 Å². The van der Waals surface area contributed by atoms with Crippen LogP contribution in [-0.4, -0.2) is 26.4 Å². The number of aromatic amines is 1. The lowest BCUT2D eigenvalue weighted by Crippen LogP contribution is -2.23. The molecular weight excluding hydrogens is 224 g/mol. The summed E-state index contributed by atoms with van der Waals surface area (Å²) in [5.74, 6) is 1.11. The molecule has 3 rings (SSSR count). The van der Waals surface area contributed by atoms with E-state index in [0.717, 1.165) is 24.6 Å². The van der Waals surface area contributed by atoms with Gasteiger partial charge in [0.1, 0.15) is 5.82 Å². The lowest BCUT2D eigenvalue weighted by molar-refractivity contribution is 0.240. The van der Waals surface area contributed by atoms with E-state index in [2.05, 4.69) is 32.8 Å². The SMILES string of the molecule is Cc1cnc(C2CCCN2Cc2cccnc2)[nH]1. The van der Waals surface area contributed by atoms with Gasteiger partial charge in [0, 0.05) is 30.8 Å². The number of hydrogen-bond acceptors (Lipinski definition) is 3. The first-order valence-electron chi connectivity index (χ1n) is 6.47. The molecule has 1 fully saturated rings. The highest BCUT2D eigenvalue weighted by molar-refractivity contribution is 5.11. The average Bonchev–Trinajstić information content (AvgIpc) is 2.99. The Morgan fingerprint density at radius 2 is 2.39 bits per heavy atom. The van der Waals surface area contributed by atoms with Crippen molar-refractivity contribution >= 4 is 0 Å². The molecule has 94 valence electrons. The fraction of sp³-hybridized carbons (Fsp3) is 0.429. The van der Waals surface area contributed by atoms with Crippen LogP contribution in [0.25, 0.3) is 0 Å². The molecule has 0 radical (unpaired) electrons. The molecule has 1 saturated heterocycles. The Labute approximate surface area is 107 Å². The summed E-state index contributed by atoms with van der Waals surface area (Å²) in [6.07, 6.45) is 8.11. The monoisotopic (exact) mass is 242 g/mol. The van der Waals surface area contributed by atoms with Gasteiger partial charge in [0.25, 0.3) is 0 Å². The van der Waals surface area contributed by atoms with Crippen LogP contribution in [0.3, 0.4) is 0 Å². The number of nitrogens with one attached hydrogen (secondary N) is 1. The molecule has 0 bridgehead atoms. The summed E-state index contributed by atoms with van der Waals surface area (Å²) in [4.78, 5) is 14.5. The van der Waals surface area contributed by atoms with Crippen molar-refractivity contribution in [2.75, 3.05) is 6.54 Å². The number of H-pyrrole nitrogens is 1. The van der Waals surface area contributed by atoms with Crippen LogP contribution in [-0.2, 0) is 6.54 Å². The normalized spacial score (nSPS) is 20.4. The average molecular weight is 242 g/mol. The van der Waals surface area contributed by atoms with Gasteiger partial charge in [-0.25, -0.2) is 4.98 Å². The van der Waals surface area contributed by atoms with Crippen LogP contribution in [0.2, 0.25) is 0 Å². The largest absolute Gasteiger partial charge is 0.345 e. The van der Waals surface area contributed by atoms with Gasteiger partial charge in [0.15, 0.2) is 0 Å². The smallest absolute Gasteiger partial charge is 0.123 e. The summed E-state index contributed by atoms with van der Waals surface area (Å²) in [7, 11) is 0. The number of rotatable bonds is 3. The molecule has 1 unspecified atom stereocenters. The molecule has 0 aromatic carbocycles. The second kappa shape index (κ2) is 4.90. The van der Waals surface area contributed by atoms with E-state index in [1.165, 1.54) is 18.4 Å². The Bertz CT molecular complexity index is 506. The molecule has 2 aromatic heterocycles. The van der Waals surface area contributed by atoms with Gasteiger partial charge in [-0.15, -0.1) is 0 Å². The van der Waals surface area contributed by atoms with Crippen molar-refractivity contribution in [3.63, 3.8) is 0 Å². The van der Waals surface area contributed by atoms with Crippen molar-refractivity contribution in [3.8, 4) is 0 Å². The molecule has 0 spiro atoms. The minimum Gasteiger partial charge on any atom is -0.345 e. The first kappa shape index (κ1) is 11.4. The predicted octanol–water partition coefficient (Wildman–Crippen LogP) is 2.45. The number of hydrogen-bond donors (Lipinski definition) is 1. The topological polar surface area (TPSA) is 44.8 Å². The van der Waals surface area contributed by atoms with Crippen LogP contribution in [0.15, 0.2) is 30.7 Å². The Balaban J connectivity index is 1.75. The lowest BCUT2D eigenvalue weighted by atomic mass is 10.2. The molecule has 0 amide bonds. The van der Waals surface area contributed by atoms with Crippen molar-refractivity contribution in [2.45, 2.75) is 32.4 Å². The zero-order valence-electron chi connectivity index (χ0n) is 10.6. The van der Waals surface area contributed by atoms with E-state index < -0.39 is 0 Å². The molecule has 2 aromatic rings. The molecule has 1 aliphatic rings. The summed E-state index contributed by atoms with van der Waals surface area (Å²) in [5.41, 5.74) is 2.41. The van der Waals surface area contributed by atoms with E-state index in [1.54, 1.807) is 0 Å². The number of aryl methyl sites for hydroxylation is 1. The highest BCUT2D eigenvalue weighted by Crippen LogP contribution is 2.31. The number of nitrogens with zero attached hydrogens (tertiary/aromatic N) is 3. The van der Waals surface area contributed by atoms with Gasteiger partial charge in [-0.2, -0.15) is 0 Å². The van der Waals surface area contributed by atoms with Crippen LogP contribution < -0.4 is 0 Å². The van der Waals surface area contributed by atoms with Crippen molar-refractivity contribution in [1.29, 1.82) is 0 Å². The van der Waals surface area contributed by atoms with E-state index in [-0.39, 0.29) is 0 Å². The molecule has 0 aliphatic carbocycles. The second-order valence-corrected chi connectivity index (χ2v) is 4.94. The third-order valence-electron chi connectivity index (χ3n) is 3.51. The van der Waals surface area contributed by atoms with Crippen molar-refractivity contribution in [3.05, 3.63) is 47.8 Å². The third kappa shape index (κ3) is 2.29. The summed E-state index contributed by atoms with van der Waals surface area (Å²) < 4.78 is 0. The summed E-state index contributed by atoms with van der Waals surface area (Å²) >= 11 is 0. The van der Waals surface area contributed by atoms with Crippen LogP contribution in [0.1, 0.15) is 36.0 Å². The lowest BCUT2D eigenvalue weighted by Gasteiger charge is -2.22. The van der Waals surface area contributed by atoms with Crippen LogP contribution in [0, 0.1) is 6.92 Å². The fourth-order valence-electron chi connectivity index (χ4n) is 2.65. The van der Waals surface area contributed by atoms with Gasteiger partial charge < -0.3 is 4.98 Å². The highest BCUT2D eigenvalue weighted by Gasteiger charge is 2.27. The molecule has 18 heavy (non-hydrogen) atoms. The summed E-state index contributed by atoms with van der Waals surface area (Å²) in [6.45, 7) is 4.15. The van der Waals surface area contributed by atoms with E-state index in [1.807, 2.05) is 24.7 Å². The Hall–Kier alpha value is -1.68. The number of imidazole rings is 1. The second-order valence-electron chi connectivity index (χ2n) is 4.94. The summed E-state index contributed by atoms with van der Waals surface area (Å²) in [5, 5.41) is 0. The molecule has 4 heteroatoms. The quantitative estimate of drug-likeness (QED) is 0.899. The molecule has 1 N–H and O–H groups in total. The van der Waals surface area contributed by atoms with Gasteiger partial charge in [-0.3, -0.25) is 9.88 Å². The van der Waals surface area contributed by atoms with Gasteiger partial charge in [0.05, 0.1) is 6.04 Å². The minimum atomic E-state index is 0.430. The fourth-order valence-corrected chi connectivity index (χ4v) is 2.65. The standard InChI is InChI=1S/C14H18N4/c1-11-8-16-14(17-11)13-5-3-7-18(13)10-12-4-2-6-15-9-12/h2,4,6,8-9,13H,3,5,7,10H2,1H3,(H,16,17). The first-order chi connectivity index (χ1) is 8.83. The Morgan fingerprint density at radius 1 is 1.44 bits per heavy atom. The highest BCUT2D eigenvalue weighted by atomic mass is 15.2. The van der Waals surface area contributed by atoms with Gasteiger partial charge in [-0.05, 0) is 37.9 Å². The van der Waals surface area contributed by atoms with Gasteiger partial charge >= 0.3 is 0 Å². The molecule has 4 nitrogen and oxygen atoms in total. The summed E-state index contributed by atoms with van der Waals surface area (Å²) in [6, 6.07) is 4.56. The molecule has 3 heterocycles. The van der Waals surface area contributed by atoms with Gasteiger partial charge in [0.2, 0.25) is 0 Å². The Morgan fingerprint density at radius 3 is 3.11 bits per heavy atom.